The highest BCUT2D eigenvalue weighted by atomic mass is 16.5. The van der Waals surface area contributed by atoms with Crippen molar-refractivity contribution < 1.29 is 14.6 Å². The van der Waals surface area contributed by atoms with Gasteiger partial charge in [-0.15, -0.1) is 0 Å². The Labute approximate surface area is 117 Å². The second-order valence-corrected chi connectivity index (χ2v) is 4.27. The van der Waals surface area contributed by atoms with Crippen LogP contribution in [0.15, 0.2) is 30.6 Å². The number of nitrogens with zero attached hydrogens (tertiary/aromatic N) is 3. The average Bonchev–Trinajstić information content (AvgIpc) is 2.50. The van der Waals surface area contributed by atoms with Crippen molar-refractivity contribution >= 4 is 16.9 Å². The number of amides is 1. The van der Waals surface area contributed by atoms with Crippen molar-refractivity contribution in [3.8, 4) is 0 Å². The van der Waals surface area contributed by atoms with Gasteiger partial charge in [-0.25, -0.2) is 0 Å². The van der Waals surface area contributed by atoms with Gasteiger partial charge in [0.1, 0.15) is 0 Å². The van der Waals surface area contributed by atoms with Crippen LogP contribution < -0.4 is 0 Å². The molecule has 106 valence electrons. The molecule has 0 saturated heterocycles. The third-order valence-electron chi connectivity index (χ3n) is 2.94. The molecule has 6 heteroatoms. The highest BCUT2D eigenvalue weighted by Crippen LogP contribution is 2.13. The normalized spacial score (nSPS) is 10.7. The standard InChI is InChI=1S/C14H17N3O3/c1-20-9-7-17(6-8-18)14(19)11-2-3-12-13(10-11)16-5-4-15-12/h2-5,10,18H,6-9H2,1H3. The van der Waals surface area contributed by atoms with E-state index in [-0.39, 0.29) is 19.1 Å². The minimum Gasteiger partial charge on any atom is -0.395 e. The van der Waals surface area contributed by atoms with Crippen molar-refractivity contribution in [2.45, 2.75) is 0 Å². The van der Waals surface area contributed by atoms with Crippen LogP contribution in [0.3, 0.4) is 0 Å². The zero-order chi connectivity index (χ0) is 14.4. The lowest BCUT2D eigenvalue weighted by Crippen LogP contribution is -2.36. The van der Waals surface area contributed by atoms with Crippen LogP contribution >= 0.6 is 0 Å². The number of benzene rings is 1. The number of fused-ring (bicyclic) bond motifs is 1. The molecule has 0 unspecified atom stereocenters. The number of aliphatic hydroxyl groups excluding tert-OH is 1. The van der Waals surface area contributed by atoms with Gasteiger partial charge in [0.15, 0.2) is 0 Å². The zero-order valence-electron chi connectivity index (χ0n) is 11.3. The lowest BCUT2D eigenvalue weighted by atomic mass is 10.1. The number of rotatable bonds is 6. The maximum Gasteiger partial charge on any atom is 0.254 e. The van der Waals surface area contributed by atoms with Crippen LogP contribution in [0, 0.1) is 0 Å². The Morgan fingerprint density at radius 2 is 2.00 bits per heavy atom. The molecule has 1 aromatic heterocycles. The molecule has 2 rings (SSSR count). The van der Waals surface area contributed by atoms with Crippen molar-refractivity contribution in [2.24, 2.45) is 0 Å². The van der Waals surface area contributed by atoms with Crippen molar-refractivity contribution in [1.29, 1.82) is 0 Å². The summed E-state index contributed by atoms with van der Waals surface area (Å²) in [6.07, 6.45) is 3.20. The third-order valence-corrected chi connectivity index (χ3v) is 2.94. The van der Waals surface area contributed by atoms with Gasteiger partial charge >= 0.3 is 0 Å². The van der Waals surface area contributed by atoms with Crippen LogP contribution in [-0.4, -0.2) is 59.3 Å². The topological polar surface area (TPSA) is 75.6 Å². The summed E-state index contributed by atoms with van der Waals surface area (Å²) < 4.78 is 4.98. The third kappa shape index (κ3) is 3.28. The molecule has 0 bridgehead atoms. The SMILES string of the molecule is COCCN(CCO)C(=O)c1ccc2nccnc2c1. The van der Waals surface area contributed by atoms with Gasteiger partial charge < -0.3 is 14.7 Å². The molecule has 2 aromatic rings. The lowest BCUT2D eigenvalue weighted by molar-refractivity contribution is 0.0656. The Morgan fingerprint density at radius 1 is 1.25 bits per heavy atom. The smallest absolute Gasteiger partial charge is 0.254 e. The Bertz CT molecular complexity index is 589. The van der Waals surface area contributed by atoms with E-state index in [0.29, 0.717) is 24.2 Å². The Hall–Kier alpha value is -2.05. The first-order chi connectivity index (χ1) is 9.76. The number of hydrogen-bond acceptors (Lipinski definition) is 5. The Balaban J connectivity index is 2.23. The highest BCUT2D eigenvalue weighted by Gasteiger charge is 2.15. The first-order valence-corrected chi connectivity index (χ1v) is 6.36. The van der Waals surface area contributed by atoms with Gasteiger partial charge in [0.05, 0.1) is 24.2 Å². The maximum atomic E-state index is 12.4. The predicted octanol–water partition coefficient (Wildman–Crippen LogP) is 0.711. The number of methoxy groups -OCH3 is 1. The second-order valence-electron chi connectivity index (χ2n) is 4.27. The van der Waals surface area contributed by atoms with Gasteiger partial charge in [0.2, 0.25) is 0 Å². The van der Waals surface area contributed by atoms with Crippen molar-refractivity contribution in [3.63, 3.8) is 0 Å². The first-order valence-electron chi connectivity index (χ1n) is 6.36. The number of hydrogen-bond donors (Lipinski definition) is 1. The second kappa shape index (κ2) is 6.93. The van der Waals surface area contributed by atoms with E-state index < -0.39 is 0 Å². The molecule has 0 atom stereocenters. The summed E-state index contributed by atoms with van der Waals surface area (Å²) in [5.74, 6) is -0.149. The Kier molecular flexibility index (Phi) is 4.97. The summed E-state index contributed by atoms with van der Waals surface area (Å²) in [5.41, 5.74) is 1.95. The molecule has 0 fully saturated rings. The van der Waals surface area contributed by atoms with E-state index in [9.17, 15) is 4.79 Å². The monoisotopic (exact) mass is 275 g/mol. The summed E-state index contributed by atoms with van der Waals surface area (Å²) in [4.78, 5) is 22.3. The molecule has 0 aliphatic rings. The predicted molar refractivity (Wildman–Crippen MR) is 74.4 cm³/mol. The molecule has 0 spiro atoms. The number of aliphatic hydroxyl groups is 1. The average molecular weight is 275 g/mol. The van der Waals surface area contributed by atoms with E-state index >= 15 is 0 Å². The molecule has 1 aromatic carbocycles. The van der Waals surface area contributed by atoms with Gasteiger partial charge in [-0.1, -0.05) is 0 Å². The molecule has 6 nitrogen and oxygen atoms in total. The minimum absolute atomic E-state index is 0.0805. The van der Waals surface area contributed by atoms with Gasteiger partial charge in [-0.05, 0) is 18.2 Å². The van der Waals surface area contributed by atoms with Crippen molar-refractivity contribution in [2.75, 3.05) is 33.4 Å². The molecule has 20 heavy (non-hydrogen) atoms. The maximum absolute atomic E-state index is 12.4. The van der Waals surface area contributed by atoms with E-state index in [1.807, 2.05) is 0 Å². The molecule has 0 aliphatic heterocycles. The fourth-order valence-electron chi connectivity index (χ4n) is 1.92. The van der Waals surface area contributed by atoms with Crippen LogP contribution in [0.5, 0.6) is 0 Å². The fraction of sp³-hybridized carbons (Fsp3) is 0.357. The van der Waals surface area contributed by atoms with Gasteiger partial charge in [0.25, 0.3) is 5.91 Å². The molecule has 0 radical (unpaired) electrons. The number of aromatic nitrogens is 2. The first kappa shape index (κ1) is 14.4. The van der Waals surface area contributed by atoms with E-state index in [1.165, 1.54) is 0 Å². The summed E-state index contributed by atoms with van der Waals surface area (Å²) in [6.45, 7) is 1.07. The molecule has 0 saturated carbocycles. The van der Waals surface area contributed by atoms with Gasteiger partial charge in [-0.3, -0.25) is 14.8 Å². The van der Waals surface area contributed by atoms with E-state index in [1.54, 1.807) is 42.6 Å². The van der Waals surface area contributed by atoms with Crippen LogP contribution in [0.25, 0.3) is 11.0 Å². The van der Waals surface area contributed by atoms with Gasteiger partial charge in [0, 0.05) is 38.2 Å². The fourth-order valence-corrected chi connectivity index (χ4v) is 1.92. The molecular weight excluding hydrogens is 258 g/mol. The van der Waals surface area contributed by atoms with Crippen molar-refractivity contribution in [3.05, 3.63) is 36.2 Å². The van der Waals surface area contributed by atoms with E-state index in [4.69, 9.17) is 9.84 Å². The molecule has 1 N–H and O–H groups in total. The summed E-state index contributed by atoms with van der Waals surface area (Å²) in [5, 5.41) is 9.05. The Morgan fingerprint density at radius 3 is 2.70 bits per heavy atom. The minimum atomic E-state index is -0.149. The summed E-state index contributed by atoms with van der Waals surface area (Å²) >= 11 is 0. The van der Waals surface area contributed by atoms with Crippen LogP contribution in [0.2, 0.25) is 0 Å². The van der Waals surface area contributed by atoms with E-state index in [2.05, 4.69) is 9.97 Å². The van der Waals surface area contributed by atoms with Gasteiger partial charge in [-0.2, -0.15) is 0 Å². The molecular formula is C14H17N3O3. The largest absolute Gasteiger partial charge is 0.395 e. The van der Waals surface area contributed by atoms with Crippen LogP contribution in [-0.2, 0) is 4.74 Å². The van der Waals surface area contributed by atoms with Crippen LogP contribution in [0.1, 0.15) is 10.4 Å². The highest BCUT2D eigenvalue weighted by molar-refractivity contribution is 5.97. The summed E-state index contributed by atoms with van der Waals surface area (Å²) in [7, 11) is 1.58. The van der Waals surface area contributed by atoms with E-state index in [0.717, 1.165) is 5.52 Å². The molecule has 0 aliphatic carbocycles. The van der Waals surface area contributed by atoms with Crippen LogP contribution in [0.4, 0.5) is 0 Å². The molecule has 1 heterocycles. The number of ether oxygens (including phenoxy) is 1. The lowest BCUT2D eigenvalue weighted by Gasteiger charge is -2.21. The van der Waals surface area contributed by atoms with Crippen molar-refractivity contribution in [1.82, 2.24) is 14.9 Å². The number of carbonyl (C=O) groups is 1. The summed E-state index contributed by atoms with van der Waals surface area (Å²) in [6, 6.07) is 5.20. The quantitative estimate of drug-likeness (QED) is 0.840. The molecule has 1 amide bonds. The number of carbonyl (C=O) groups excluding carboxylic acids is 1. The zero-order valence-corrected chi connectivity index (χ0v) is 11.3.